The van der Waals surface area contributed by atoms with Crippen LogP contribution in [0.3, 0.4) is 0 Å². The smallest absolute Gasteiger partial charge is 0.0653 e. The molecule has 2 aliphatic carbocycles. The van der Waals surface area contributed by atoms with Crippen molar-refractivity contribution < 1.29 is 0 Å². The van der Waals surface area contributed by atoms with Crippen LogP contribution in [0.1, 0.15) is 24.8 Å². The maximum atomic E-state index is 2.58. The predicted molar refractivity (Wildman–Crippen MR) is 245 cm³/mol. The first kappa shape index (κ1) is 34.5. The lowest BCUT2D eigenvalue weighted by Gasteiger charge is -2.37. The lowest BCUT2D eigenvalue weighted by molar-refractivity contribution is 0.760. The Kier molecular flexibility index (Phi) is 8.71. The van der Waals surface area contributed by atoms with Gasteiger partial charge in [0.05, 0.1) is 17.4 Å². The van der Waals surface area contributed by atoms with E-state index in [1.807, 2.05) is 11.8 Å². The van der Waals surface area contributed by atoms with Crippen LogP contribution in [-0.2, 0) is 0 Å². The van der Waals surface area contributed by atoms with Crippen molar-refractivity contribution in [3.63, 3.8) is 0 Å². The van der Waals surface area contributed by atoms with E-state index >= 15 is 0 Å². The molecule has 1 unspecified atom stereocenters. The summed E-state index contributed by atoms with van der Waals surface area (Å²) in [4.78, 5) is 10.1. The quantitative estimate of drug-likeness (QED) is 0.160. The SMILES string of the molecule is C1=CCCC(N(C2=CC=C3c4ccccc4N(c4ccc(N5c6ccccc6Sc6ccccc65)cc4)C3C2)c2cc(-c3ccccc3)cc(-c3ccccc3)c2)=C1. The fourth-order valence-corrected chi connectivity index (χ4v) is 10.2. The molecule has 58 heavy (non-hydrogen) atoms. The Balaban J connectivity index is 0.999. The van der Waals surface area contributed by atoms with Crippen molar-refractivity contribution >= 4 is 51.5 Å². The van der Waals surface area contributed by atoms with Gasteiger partial charge >= 0.3 is 0 Å². The van der Waals surface area contributed by atoms with Gasteiger partial charge in [-0.15, -0.1) is 0 Å². The molecule has 0 bridgehead atoms. The summed E-state index contributed by atoms with van der Waals surface area (Å²) in [5.41, 5.74) is 17.4. The van der Waals surface area contributed by atoms with Crippen LogP contribution in [0.15, 0.2) is 227 Å². The number of rotatable bonds is 7. The van der Waals surface area contributed by atoms with Crippen molar-refractivity contribution in [1.82, 2.24) is 0 Å². The molecule has 11 rings (SSSR count). The first-order valence-electron chi connectivity index (χ1n) is 20.2. The number of hydrogen-bond donors (Lipinski definition) is 0. The minimum atomic E-state index is 0.143. The first-order chi connectivity index (χ1) is 28.8. The molecule has 0 saturated heterocycles. The molecule has 0 aromatic heterocycles. The van der Waals surface area contributed by atoms with Crippen molar-refractivity contribution in [2.75, 3.05) is 14.7 Å². The van der Waals surface area contributed by atoms with Crippen LogP contribution in [0, 0.1) is 0 Å². The predicted octanol–water partition coefficient (Wildman–Crippen LogP) is 14.9. The van der Waals surface area contributed by atoms with E-state index in [-0.39, 0.29) is 6.04 Å². The van der Waals surface area contributed by atoms with E-state index in [0.717, 1.165) is 24.9 Å². The number of anilines is 6. The second-order valence-electron chi connectivity index (χ2n) is 15.2. The van der Waals surface area contributed by atoms with Gasteiger partial charge in [-0.1, -0.05) is 133 Å². The lowest BCUT2D eigenvalue weighted by atomic mass is 9.92. The third kappa shape index (κ3) is 6.09. The maximum absolute atomic E-state index is 2.58. The topological polar surface area (TPSA) is 9.72 Å². The molecule has 2 heterocycles. The van der Waals surface area contributed by atoms with E-state index in [1.165, 1.54) is 83.0 Å². The Morgan fingerprint density at radius 1 is 0.500 bits per heavy atom. The normalized spacial score (nSPS) is 16.3. The van der Waals surface area contributed by atoms with Gasteiger partial charge in [0.1, 0.15) is 0 Å². The summed E-state index contributed by atoms with van der Waals surface area (Å²) in [5, 5.41) is 0. The molecule has 278 valence electrons. The van der Waals surface area contributed by atoms with Gasteiger partial charge in [0, 0.05) is 55.9 Å². The molecule has 4 heteroatoms. The van der Waals surface area contributed by atoms with Gasteiger partial charge in [0.2, 0.25) is 0 Å². The highest BCUT2D eigenvalue weighted by Gasteiger charge is 2.38. The summed E-state index contributed by atoms with van der Waals surface area (Å²) in [6, 6.07) is 64.5. The molecule has 3 nitrogen and oxygen atoms in total. The molecule has 1 atom stereocenters. The van der Waals surface area contributed by atoms with Crippen molar-refractivity contribution in [2.45, 2.75) is 35.1 Å². The zero-order chi connectivity index (χ0) is 38.4. The van der Waals surface area contributed by atoms with E-state index < -0.39 is 0 Å². The number of para-hydroxylation sites is 3. The Bertz CT molecular complexity index is 2700. The molecule has 0 spiro atoms. The largest absolute Gasteiger partial charge is 0.333 e. The van der Waals surface area contributed by atoms with E-state index in [9.17, 15) is 0 Å². The van der Waals surface area contributed by atoms with Crippen molar-refractivity contribution in [3.8, 4) is 22.3 Å². The average Bonchev–Trinajstić information content (AvgIpc) is 3.63. The van der Waals surface area contributed by atoms with Crippen molar-refractivity contribution in [1.29, 1.82) is 0 Å². The van der Waals surface area contributed by atoms with E-state index in [4.69, 9.17) is 0 Å². The summed E-state index contributed by atoms with van der Waals surface area (Å²) < 4.78 is 0. The summed E-state index contributed by atoms with van der Waals surface area (Å²) in [7, 11) is 0. The highest BCUT2D eigenvalue weighted by Crippen LogP contribution is 2.53. The molecular weight excluding hydrogens is 723 g/mol. The molecule has 4 aliphatic rings. The van der Waals surface area contributed by atoms with Crippen molar-refractivity contribution in [3.05, 3.63) is 223 Å². The second kappa shape index (κ2) is 14.6. The van der Waals surface area contributed by atoms with Crippen molar-refractivity contribution in [2.24, 2.45) is 0 Å². The van der Waals surface area contributed by atoms with Gasteiger partial charge in [-0.25, -0.2) is 0 Å². The first-order valence-corrected chi connectivity index (χ1v) is 21.1. The molecular formula is C54H41N3S. The van der Waals surface area contributed by atoms with E-state index in [1.54, 1.807) is 0 Å². The molecule has 0 saturated carbocycles. The number of nitrogens with zero attached hydrogens (tertiary/aromatic N) is 3. The van der Waals surface area contributed by atoms with Crippen LogP contribution < -0.4 is 14.7 Å². The van der Waals surface area contributed by atoms with E-state index in [0.29, 0.717) is 0 Å². The van der Waals surface area contributed by atoms with Gasteiger partial charge < -0.3 is 14.7 Å². The zero-order valence-corrected chi connectivity index (χ0v) is 32.9. The van der Waals surface area contributed by atoms with Crippen LogP contribution in [0.5, 0.6) is 0 Å². The third-order valence-electron chi connectivity index (χ3n) is 11.8. The highest BCUT2D eigenvalue weighted by atomic mass is 32.2. The van der Waals surface area contributed by atoms with Gasteiger partial charge in [0.15, 0.2) is 0 Å². The highest BCUT2D eigenvalue weighted by molar-refractivity contribution is 7.99. The molecule has 0 N–H and O–H groups in total. The summed E-state index contributed by atoms with van der Waals surface area (Å²) in [6.45, 7) is 0. The Morgan fingerprint density at radius 2 is 1.09 bits per heavy atom. The lowest BCUT2D eigenvalue weighted by Crippen LogP contribution is -2.33. The average molecular weight is 764 g/mol. The minimum Gasteiger partial charge on any atom is -0.333 e. The summed E-state index contributed by atoms with van der Waals surface area (Å²) in [6.07, 6.45) is 14.5. The molecule has 0 fully saturated rings. The van der Waals surface area contributed by atoms with Crippen LogP contribution in [0.2, 0.25) is 0 Å². The number of fused-ring (bicyclic) bond motifs is 5. The molecule has 0 amide bonds. The van der Waals surface area contributed by atoms with Gasteiger partial charge in [-0.3, -0.25) is 0 Å². The Labute approximate surface area is 345 Å². The number of allylic oxidation sites excluding steroid dienone is 6. The molecule has 7 aromatic rings. The van der Waals surface area contributed by atoms with Crippen LogP contribution >= 0.6 is 11.8 Å². The molecule has 2 aliphatic heterocycles. The third-order valence-corrected chi connectivity index (χ3v) is 12.9. The van der Waals surface area contributed by atoms with Crippen LogP contribution in [0.25, 0.3) is 27.8 Å². The van der Waals surface area contributed by atoms with Gasteiger partial charge in [-0.2, -0.15) is 0 Å². The summed E-state index contributed by atoms with van der Waals surface area (Å²) in [5.74, 6) is 0. The number of hydrogen-bond acceptors (Lipinski definition) is 4. The second-order valence-corrected chi connectivity index (χ2v) is 16.3. The van der Waals surface area contributed by atoms with Crippen LogP contribution in [-0.4, -0.2) is 6.04 Å². The Hall–Kier alpha value is -6.75. The fraction of sp³-hybridized carbons (Fsp3) is 0.0741. The fourth-order valence-electron chi connectivity index (χ4n) is 9.13. The van der Waals surface area contributed by atoms with Gasteiger partial charge in [-0.05, 0) is 126 Å². The standard InChI is InChI=1S/C54H41N3S/c1-4-16-38(17-5-1)40-34-41(39-18-6-2-7-19-39)36-46(35-40)55(42-20-8-3-9-21-42)45-32-33-48-47-22-10-11-23-49(47)56(52(48)37-45)43-28-30-44(31-29-43)57-50-24-12-14-26-53(50)58-54-27-15-13-25-51(54)57/h1-8,10-20,22-36,52H,9,21,37H2. The summed E-state index contributed by atoms with van der Waals surface area (Å²) >= 11 is 1.85. The molecule has 7 aromatic carbocycles. The zero-order valence-electron chi connectivity index (χ0n) is 32.1. The van der Waals surface area contributed by atoms with Gasteiger partial charge in [0.25, 0.3) is 0 Å². The monoisotopic (exact) mass is 763 g/mol. The van der Waals surface area contributed by atoms with Crippen LogP contribution in [0.4, 0.5) is 34.1 Å². The minimum absolute atomic E-state index is 0.143. The maximum Gasteiger partial charge on any atom is 0.0653 e. The number of benzene rings is 7. The molecule has 0 radical (unpaired) electrons. The van der Waals surface area contributed by atoms with E-state index in [2.05, 4.69) is 221 Å². The Morgan fingerprint density at radius 3 is 1.72 bits per heavy atom.